The molecule has 0 radical (unpaired) electrons. The molecular formula is C27H28ClN3O4. The van der Waals surface area contributed by atoms with Crippen molar-refractivity contribution in [3.05, 3.63) is 58.6 Å². The summed E-state index contributed by atoms with van der Waals surface area (Å²) in [5.41, 5.74) is 5.36. The Bertz CT molecular complexity index is 1280. The molecule has 182 valence electrons. The van der Waals surface area contributed by atoms with Gasteiger partial charge in [0.1, 0.15) is 5.75 Å². The minimum Gasteiger partial charge on any atom is -0.489 e. The van der Waals surface area contributed by atoms with Gasteiger partial charge < -0.3 is 14.4 Å². The second-order valence-corrected chi connectivity index (χ2v) is 9.80. The van der Waals surface area contributed by atoms with Crippen molar-refractivity contribution < 1.29 is 19.2 Å². The number of aromatic nitrogens is 2. The summed E-state index contributed by atoms with van der Waals surface area (Å²) in [4.78, 5) is 18.2. The van der Waals surface area contributed by atoms with E-state index < -0.39 is 5.97 Å². The van der Waals surface area contributed by atoms with Gasteiger partial charge in [-0.15, -0.1) is 0 Å². The minimum atomic E-state index is -0.679. The molecule has 0 amide bonds. The van der Waals surface area contributed by atoms with Crippen molar-refractivity contribution in [1.82, 2.24) is 15.0 Å². The van der Waals surface area contributed by atoms with E-state index in [1.54, 1.807) is 6.07 Å². The lowest BCUT2D eigenvalue weighted by molar-refractivity contribution is -0.143. The minimum absolute atomic E-state index is 0.0311. The van der Waals surface area contributed by atoms with E-state index in [4.69, 9.17) is 20.9 Å². The Labute approximate surface area is 209 Å². The maximum atomic E-state index is 11.2. The monoisotopic (exact) mass is 493 g/mol. The molecule has 3 aromatic rings. The molecule has 8 heteroatoms. The molecule has 1 aliphatic carbocycles. The number of carbonyl (C=O) groups is 1. The Morgan fingerprint density at radius 2 is 2.00 bits per heavy atom. The molecule has 35 heavy (non-hydrogen) atoms. The van der Waals surface area contributed by atoms with E-state index in [9.17, 15) is 9.90 Å². The van der Waals surface area contributed by atoms with Crippen LogP contribution in [0.15, 0.2) is 47.0 Å². The number of rotatable bonds is 7. The molecule has 1 saturated heterocycles. The fraction of sp³-hybridized carbons (Fsp3) is 0.370. The van der Waals surface area contributed by atoms with Gasteiger partial charge in [0.05, 0.1) is 17.0 Å². The lowest BCUT2D eigenvalue weighted by Gasteiger charge is -2.30. The van der Waals surface area contributed by atoms with Crippen LogP contribution in [0.4, 0.5) is 0 Å². The van der Waals surface area contributed by atoms with E-state index in [1.165, 1.54) is 16.7 Å². The first-order valence-corrected chi connectivity index (χ1v) is 12.3. The Kier molecular flexibility index (Phi) is 6.62. The third-order valence-corrected chi connectivity index (χ3v) is 6.91. The van der Waals surface area contributed by atoms with Gasteiger partial charge in [-0.1, -0.05) is 41.0 Å². The van der Waals surface area contributed by atoms with Crippen LogP contribution >= 0.6 is 11.6 Å². The fourth-order valence-corrected chi connectivity index (χ4v) is 5.04. The number of ether oxygens (including phenoxy) is 1. The number of allylic oxidation sites excluding steroid dienone is 1. The molecule has 1 aromatic heterocycles. The van der Waals surface area contributed by atoms with Gasteiger partial charge in [-0.25, -0.2) is 0 Å². The molecule has 5 rings (SSSR count). The van der Waals surface area contributed by atoms with Crippen LogP contribution in [0.25, 0.3) is 28.4 Å². The number of halogens is 1. The number of hydrogen-bond acceptors (Lipinski definition) is 6. The number of likely N-dealkylation sites (tertiary alicyclic amines) is 1. The van der Waals surface area contributed by atoms with Crippen molar-refractivity contribution in [1.29, 1.82) is 0 Å². The van der Waals surface area contributed by atoms with Gasteiger partial charge in [0.15, 0.2) is 0 Å². The predicted octanol–water partition coefficient (Wildman–Crippen LogP) is 5.58. The van der Waals surface area contributed by atoms with Crippen molar-refractivity contribution in [2.24, 2.45) is 5.92 Å². The van der Waals surface area contributed by atoms with Gasteiger partial charge in [0.2, 0.25) is 5.82 Å². The number of fused-ring (bicyclic) bond motifs is 1. The van der Waals surface area contributed by atoms with Gasteiger partial charge in [0, 0.05) is 17.7 Å². The maximum Gasteiger partial charge on any atom is 0.306 e. The van der Waals surface area contributed by atoms with Crippen molar-refractivity contribution in [2.75, 3.05) is 19.6 Å². The van der Waals surface area contributed by atoms with E-state index in [1.807, 2.05) is 38.1 Å². The first-order chi connectivity index (χ1) is 16.9. The topological polar surface area (TPSA) is 88.7 Å². The summed E-state index contributed by atoms with van der Waals surface area (Å²) in [7, 11) is 0. The fourth-order valence-electron chi connectivity index (χ4n) is 4.81. The van der Waals surface area contributed by atoms with Crippen LogP contribution in [0.1, 0.15) is 37.8 Å². The van der Waals surface area contributed by atoms with Gasteiger partial charge in [0.25, 0.3) is 5.89 Å². The molecule has 1 N–H and O–H groups in total. The third-order valence-electron chi connectivity index (χ3n) is 6.61. The third kappa shape index (κ3) is 4.97. The zero-order valence-electron chi connectivity index (χ0n) is 19.8. The van der Waals surface area contributed by atoms with Crippen LogP contribution in [-0.4, -0.2) is 51.9 Å². The van der Waals surface area contributed by atoms with Crippen LogP contribution < -0.4 is 4.74 Å². The summed E-state index contributed by atoms with van der Waals surface area (Å²) in [5, 5.41) is 14.0. The molecule has 7 nitrogen and oxygen atoms in total. The van der Waals surface area contributed by atoms with Crippen molar-refractivity contribution >= 4 is 23.1 Å². The quantitative estimate of drug-likeness (QED) is 0.459. The predicted molar refractivity (Wildman–Crippen MR) is 134 cm³/mol. The maximum absolute atomic E-state index is 11.2. The number of benzene rings is 2. The van der Waals surface area contributed by atoms with Crippen molar-refractivity contribution in [3.8, 4) is 28.6 Å². The molecule has 1 aliphatic heterocycles. The molecule has 0 atom stereocenters. The number of aliphatic carboxylic acids is 1. The lowest BCUT2D eigenvalue weighted by Crippen LogP contribution is -2.37. The van der Waals surface area contributed by atoms with Gasteiger partial charge >= 0.3 is 5.97 Å². The Morgan fingerprint density at radius 3 is 2.71 bits per heavy atom. The van der Waals surface area contributed by atoms with Gasteiger partial charge in [-0.2, -0.15) is 4.98 Å². The number of carboxylic acids is 1. The van der Waals surface area contributed by atoms with E-state index in [0.717, 1.165) is 37.2 Å². The first-order valence-electron chi connectivity index (χ1n) is 12.0. The highest BCUT2D eigenvalue weighted by atomic mass is 35.5. The van der Waals surface area contributed by atoms with E-state index in [0.29, 0.717) is 35.3 Å². The molecule has 1 fully saturated rings. The zero-order valence-corrected chi connectivity index (χ0v) is 20.6. The molecule has 2 heterocycles. The number of hydrogen-bond donors (Lipinski definition) is 1. The molecule has 0 bridgehead atoms. The average Bonchev–Trinajstić information content (AvgIpc) is 3.48. The largest absolute Gasteiger partial charge is 0.489 e. The summed E-state index contributed by atoms with van der Waals surface area (Å²) >= 11 is 6.39. The summed E-state index contributed by atoms with van der Waals surface area (Å²) in [6.07, 6.45) is 4.50. The summed E-state index contributed by atoms with van der Waals surface area (Å²) in [6, 6.07) is 11.6. The Hall–Kier alpha value is -3.16. The Balaban J connectivity index is 1.32. The van der Waals surface area contributed by atoms with Crippen LogP contribution in [0.2, 0.25) is 5.02 Å². The van der Waals surface area contributed by atoms with Crippen LogP contribution in [0, 0.1) is 5.92 Å². The zero-order chi connectivity index (χ0) is 24.5. The van der Waals surface area contributed by atoms with Crippen molar-refractivity contribution in [3.63, 3.8) is 0 Å². The second-order valence-electron chi connectivity index (χ2n) is 9.39. The lowest BCUT2D eigenvalue weighted by atomic mass is 9.95. The molecule has 0 saturated carbocycles. The van der Waals surface area contributed by atoms with Crippen molar-refractivity contribution in [2.45, 2.75) is 39.2 Å². The SMILES string of the molecule is CC(C)Oc1ccc(-c2nc(-c3cccc4c3CC=C4CN3CCC(C(=O)O)CC3)no2)cc1Cl. The summed E-state index contributed by atoms with van der Waals surface area (Å²) in [5.74, 6) is 0.678. The summed E-state index contributed by atoms with van der Waals surface area (Å²) < 4.78 is 11.3. The highest BCUT2D eigenvalue weighted by Gasteiger charge is 2.27. The standard InChI is InChI=1S/C27H28ClN3O4/c1-16(2)34-24-9-7-18(14-23(24)28)26-29-25(30-35-26)22-5-3-4-20-19(6-8-21(20)22)15-31-12-10-17(11-13-31)27(32)33/h3-7,9,14,16-17H,8,10-13,15H2,1-2H3,(H,32,33). The van der Waals surface area contributed by atoms with Crippen LogP contribution in [0.5, 0.6) is 5.75 Å². The van der Waals surface area contributed by atoms with Gasteiger partial charge in [-0.3, -0.25) is 9.69 Å². The molecule has 0 unspecified atom stereocenters. The number of carboxylic acid groups (broad SMARTS) is 1. The first kappa shape index (κ1) is 23.6. The molecule has 2 aromatic carbocycles. The number of piperidine rings is 1. The molecular weight excluding hydrogens is 466 g/mol. The van der Waals surface area contributed by atoms with Gasteiger partial charge in [-0.05, 0) is 81.1 Å². The van der Waals surface area contributed by atoms with Crippen LogP contribution in [0.3, 0.4) is 0 Å². The Morgan fingerprint density at radius 1 is 1.23 bits per heavy atom. The smallest absolute Gasteiger partial charge is 0.306 e. The highest BCUT2D eigenvalue weighted by Crippen LogP contribution is 2.36. The normalized spacial score (nSPS) is 16.4. The number of nitrogens with zero attached hydrogens (tertiary/aromatic N) is 3. The van der Waals surface area contributed by atoms with E-state index in [-0.39, 0.29) is 12.0 Å². The van der Waals surface area contributed by atoms with E-state index >= 15 is 0 Å². The summed E-state index contributed by atoms with van der Waals surface area (Å²) in [6.45, 7) is 6.34. The molecule has 2 aliphatic rings. The highest BCUT2D eigenvalue weighted by molar-refractivity contribution is 6.32. The average molecular weight is 494 g/mol. The van der Waals surface area contributed by atoms with Crippen LogP contribution in [-0.2, 0) is 11.2 Å². The second kappa shape index (κ2) is 9.84. The molecule has 0 spiro atoms. The van der Waals surface area contributed by atoms with E-state index in [2.05, 4.69) is 27.2 Å².